The summed E-state index contributed by atoms with van der Waals surface area (Å²) in [6, 6.07) is 3.72. The Morgan fingerprint density at radius 3 is 2.67 bits per heavy atom. The summed E-state index contributed by atoms with van der Waals surface area (Å²) in [6.07, 6.45) is 3.88. The van der Waals surface area contributed by atoms with E-state index in [1.165, 1.54) is 4.90 Å². The first-order valence-electron chi connectivity index (χ1n) is 9.24. The van der Waals surface area contributed by atoms with E-state index in [0.29, 0.717) is 24.3 Å². The first kappa shape index (κ1) is 19.1. The molecule has 1 aliphatic rings. The van der Waals surface area contributed by atoms with Gasteiger partial charge in [-0.3, -0.25) is 14.6 Å². The average molecular weight is 370 g/mol. The minimum atomic E-state index is -0.0611. The second-order valence-electron chi connectivity index (χ2n) is 7.33. The van der Waals surface area contributed by atoms with Gasteiger partial charge in [-0.1, -0.05) is 5.16 Å². The van der Waals surface area contributed by atoms with E-state index < -0.39 is 0 Å². The van der Waals surface area contributed by atoms with Crippen LogP contribution in [0.2, 0.25) is 0 Å². The van der Waals surface area contributed by atoms with Crippen LogP contribution in [0.3, 0.4) is 0 Å². The molecule has 7 nitrogen and oxygen atoms in total. The molecule has 2 aromatic rings. The van der Waals surface area contributed by atoms with Crippen molar-refractivity contribution in [3.8, 4) is 0 Å². The minimum absolute atomic E-state index is 0.0611. The van der Waals surface area contributed by atoms with Crippen LogP contribution in [-0.2, 0) is 11.2 Å². The number of aryl methyl sites for hydroxylation is 2. The van der Waals surface area contributed by atoms with Gasteiger partial charge < -0.3 is 14.3 Å². The molecule has 2 amide bonds. The number of amides is 2. The number of aromatic nitrogens is 2. The number of likely N-dealkylation sites (tertiary alicyclic amines) is 1. The first-order chi connectivity index (χ1) is 12.9. The number of pyridine rings is 1. The van der Waals surface area contributed by atoms with Crippen LogP contribution in [0.25, 0.3) is 0 Å². The van der Waals surface area contributed by atoms with Crippen LogP contribution in [0.5, 0.6) is 0 Å². The maximum atomic E-state index is 12.8. The lowest BCUT2D eigenvalue weighted by Crippen LogP contribution is -2.40. The molecule has 0 saturated carbocycles. The largest absolute Gasteiger partial charge is 0.361 e. The molecule has 0 unspecified atom stereocenters. The molecule has 3 heterocycles. The van der Waals surface area contributed by atoms with Crippen LogP contribution in [0.15, 0.2) is 22.9 Å². The fourth-order valence-electron chi connectivity index (χ4n) is 3.49. The number of rotatable bonds is 4. The summed E-state index contributed by atoms with van der Waals surface area (Å²) in [7, 11) is 3.44. The molecule has 2 aromatic heterocycles. The zero-order chi connectivity index (χ0) is 19.6. The Morgan fingerprint density at radius 2 is 2.07 bits per heavy atom. The van der Waals surface area contributed by atoms with Gasteiger partial charge in [0.1, 0.15) is 5.76 Å². The van der Waals surface area contributed by atoms with E-state index in [2.05, 4.69) is 10.1 Å². The molecular weight excluding hydrogens is 344 g/mol. The molecule has 0 aliphatic carbocycles. The number of piperidine rings is 1. The summed E-state index contributed by atoms with van der Waals surface area (Å²) in [4.78, 5) is 32.7. The van der Waals surface area contributed by atoms with Crippen LogP contribution < -0.4 is 0 Å². The summed E-state index contributed by atoms with van der Waals surface area (Å²) in [6.45, 7) is 5.10. The molecule has 0 bridgehead atoms. The fraction of sp³-hybridized carbons (Fsp3) is 0.500. The normalized spacial score (nSPS) is 17.0. The molecule has 1 saturated heterocycles. The minimum Gasteiger partial charge on any atom is -0.361 e. The Kier molecular flexibility index (Phi) is 5.58. The highest BCUT2D eigenvalue weighted by Gasteiger charge is 2.27. The van der Waals surface area contributed by atoms with E-state index in [1.807, 2.05) is 30.9 Å². The number of carbonyl (C=O) groups excluding carboxylic acids is 2. The van der Waals surface area contributed by atoms with Gasteiger partial charge in [-0.05, 0) is 38.8 Å². The van der Waals surface area contributed by atoms with Gasteiger partial charge in [-0.2, -0.15) is 0 Å². The SMILES string of the molecule is Cc1noc(C)c1CC(=O)N1CCC[C@H](c2ccc(C(=O)N(C)C)cn2)C1. The standard InChI is InChI=1S/C20H26N4O3/c1-13-17(14(2)27-22-13)10-19(25)24-9-5-6-16(12-24)18-8-7-15(11-21-18)20(26)23(3)4/h7-8,11,16H,5-6,9-10,12H2,1-4H3/t16-/m0/s1. The van der Waals surface area contributed by atoms with Gasteiger partial charge in [0.25, 0.3) is 5.91 Å². The van der Waals surface area contributed by atoms with Crippen molar-refractivity contribution in [1.29, 1.82) is 0 Å². The smallest absolute Gasteiger partial charge is 0.254 e. The molecule has 7 heteroatoms. The highest BCUT2D eigenvalue weighted by atomic mass is 16.5. The van der Waals surface area contributed by atoms with Crippen molar-refractivity contribution in [2.75, 3.05) is 27.2 Å². The predicted molar refractivity (Wildman–Crippen MR) is 100 cm³/mol. The second kappa shape index (κ2) is 7.90. The van der Waals surface area contributed by atoms with Gasteiger partial charge >= 0.3 is 0 Å². The van der Waals surface area contributed by atoms with Crippen molar-refractivity contribution in [3.63, 3.8) is 0 Å². The molecule has 0 N–H and O–H groups in total. The molecule has 0 aromatic carbocycles. The maximum absolute atomic E-state index is 12.8. The molecule has 0 spiro atoms. The monoisotopic (exact) mass is 370 g/mol. The summed E-state index contributed by atoms with van der Waals surface area (Å²) in [5.74, 6) is 0.926. The molecule has 1 fully saturated rings. The van der Waals surface area contributed by atoms with E-state index in [-0.39, 0.29) is 17.7 Å². The number of hydrogen-bond acceptors (Lipinski definition) is 5. The van der Waals surface area contributed by atoms with Crippen molar-refractivity contribution < 1.29 is 14.1 Å². The third-order valence-electron chi connectivity index (χ3n) is 5.14. The van der Waals surface area contributed by atoms with Crippen LogP contribution in [0.4, 0.5) is 0 Å². The van der Waals surface area contributed by atoms with E-state index in [1.54, 1.807) is 20.3 Å². The van der Waals surface area contributed by atoms with Crippen molar-refractivity contribution in [1.82, 2.24) is 19.9 Å². The Balaban J connectivity index is 1.67. The lowest BCUT2D eigenvalue weighted by atomic mass is 9.93. The summed E-state index contributed by atoms with van der Waals surface area (Å²) < 4.78 is 5.16. The summed E-state index contributed by atoms with van der Waals surface area (Å²) in [5, 5.41) is 3.92. The topological polar surface area (TPSA) is 79.5 Å². The van der Waals surface area contributed by atoms with E-state index in [9.17, 15) is 9.59 Å². The highest BCUT2D eigenvalue weighted by Crippen LogP contribution is 2.26. The highest BCUT2D eigenvalue weighted by molar-refractivity contribution is 5.93. The van der Waals surface area contributed by atoms with E-state index in [4.69, 9.17) is 4.52 Å². The Hall–Kier alpha value is -2.70. The van der Waals surface area contributed by atoms with Gasteiger partial charge in [-0.25, -0.2) is 0 Å². The van der Waals surface area contributed by atoms with Crippen molar-refractivity contribution in [2.24, 2.45) is 0 Å². The van der Waals surface area contributed by atoms with Crippen LogP contribution in [0, 0.1) is 13.8 Å². The van der Waals surface area contributed by atoms with Crippen molar-refractivity contribution >= 4 is 11.8 Å². The van der Waals surface area contributed by atoms with Gasteiger partial charge in [-0.15, -0.1) is 0 Å². The van der Waals surface area contributed by atoms with Gasteiger partial charge in [0.2, 0.25) is 5.91 Å². The molecule has 1 atom stereocenters. The fourth-order valence-corrected chi connectivity index (χ4v) is 3.49. The Labute approximate surface area is 159 Å². The lowest BCUT2D eigenvalue weighted by Gasteiger charge is -2.32. The maximum Gasteiger partial charge on any atom is 0.254 e. The van der Waals surface area contributed by atoms with E-state index in [0.717, 1.165) is 36.3 Å². The average Bonchev–Trinajstić information content (AvgIpc) is 2.99. The number of carbonyl (C=O) groups is 2. The molecule has 3 rings (SSSR count). The quantitative estimate of drug-likeness (QED) is 0.825. The number of hydrogen-bond donors (Lipinski definition) is 0. The second-order valence-corrected chi connectivity index (χ2v) is 7.33. The van der Waals surface area contributed by atoms with Gasteiger partial charge in [0.15, 0.2) is 0 Å². The number of nitrogens with zero attached hydrogens (tertiary/aromatic N) is 4. The summed E-state index contributed by atoms with van der Waals surface area (Å²) >= 11 is 0. The molecule has 144 valence electrons. The molecule has 27 heavy (non-hydrogen) atoms. The molecular formula is C20H26N4O3. The predicted octanol–water partition coefficient (Wildman–Crippen LogP) is 2.34. The summed E-state index contributed by atoms with van der Waals surface area (Å²) in [5.41, 5.74) is 3.16. The zero-order valence-electron chi connectivity index (χ0n) is 16.4. The van der Waals surface area contributed by atoms with E-state index >= 15 is 0 Å². The van der Waals surface area contributed by atoms with Crippen LogP contribution in [0.1, 0.15) is 51.8 Å². The Bertz CT molecular complexity index is 807. The van der Waals surface area contributed by atoms with Crippen molar-refractivity contribution in [2.45, 2.75) is 39.0 Å². The van der Waals surface area contributed by atoms with Gasteiger partial charge in [0.05, 0.1) is 17.7 Å². The first-order valence-corrected chi connectivity index (χ1v) is 9.24. The third kappa shape index (κ3) is 4.18. The van der Waals surface area contributed by atoms with Gasteiger partial charge in [0, 0.05) is 50.6 Å². The van der Waals surface area contributed by atoms with Crippen LogP contribution in [-0.4, -0.2) is 58.9 Å². The van der Waals surface area contributed by atoms with Crippen LogP contribution >= 0.6 is 0 Å². The third-order valence-corrected chi connectivity index (χ3v) is 5.14. The Morgan fingerprint density at radius 1 is 1.30 bits per heavy atom. The molecule has 0 radical (unpaired) electrons. The van der Waals surface area contributed by atoms with Crippen molar-refractivity contribution in [3.05, 3.63) is 46.6 Å². The zero-order valence-corrected chi connectivity index (χ0v) is 16.4. The molecule has 1 aliphatic heterocycles. The lowest BCUT2D eigenvalue weighted by molar-refractivity contribution is -0.131.